The van der Waals surface area contributed by atoms with Crippen molar-refractivity contribution in [3.05, 3.63) is 29.3 Å². The summed E-state index contributed by atoms with van der Waals surface area (Å²) in [6.45, 7) is 7.67. The maximum Gasteiger partial charge on any atom is 0.201 e. The molecule has 0 amide bonds. The van der Waals surface area contributed by atoms with E-state index in [1.165, 1.54) is 63.5 Å². The van der Waals surface area contributed by atoms with Gasteiger partial charge in [0.1, 0.15) is 0 Å². The van der Waals surface area contributed by atoms with Crippen LogP contribution in [0.2, 0.25) is 0 Å². The lowest BCUT2D eigenvalue weighted by Crippen LogP contribution is -2.43. The Morgan fingerprint density at radius 1 is 1.03 bits per heavy atom. The molecule has 2 aliphatic heterocycles. The van der Waals surface area contributed by atoms with Gasteiger partial charge in [0.25, 0.3) is 0 Å². The molecule has 194 valence electrons. The molecule has 0 aromatic heterocycles. The molecule has 2 heterocycles. The van der Waals surface area contributed by atoms with Crippen molar-refractivity contribution in [2.24, 2.45) is 33.2 Å². The predicted octanol–water partition coefficient (Wildman–Crippen LogP) is 7.38. The average molecular weight is 489 g/mol. The molecule has 2 fully saturated rings. The van der Waals surface area contributed by atoms with Crippen LogP contribution < -0.4 is 4.74 Å². The minimum absolute atomic E-state index is 0.0782. The molecule has 0 N–H and O–H groups in total. The van der Waals surface area contributed by atoms with Crippen LogP contribution in [0.15, 0.2) is 22.1 Å². The maximum absolute atomic E-state index is 14.6. The summed E-state index contributed by atoms with van der Waals surface area (Å²) in [5.74, 6) is 0.169. The van der Waals surface area contributed by atoms with Gasteiger partial charge < -0.3 is 9.47 Å². The van der Waals surface area contributed by atoms with E-state index >= 15 is 0 Å². The van der Waals surface area contributed by atoms with Gasteiger partial charge in [-0.3, -0.25) is 4.99 Å². The van der Waals surface area contributed by atoms with Crippen LogP contribution >= 0.6 is 0 Å². The third-order valence-corrected chi connectivity index (χ3v) is 8.52. The van der Waals surface area contributed by atoms with Gasteiger partial charge in [-0.25, -0.2) is 9.38 Å². The van der Waals surface area contributed by atoms with Gasteiger partial charge in [-0.1, -0.05) is 52.4 Å². The fraction of sp³-hybridized carbons (Fsp3) is 0.724. The van der Waals surface area contributed by atoms with E-state index in [4.69, 9.17) is 9.47 Å². The molecule has 4 rings (SSSR count). The van der Waals surface area contributed by atoms with Gasteiger partial charge in [-0.05, 0) is 62.5 Å². The first-order chi connectivity index (χ1) is 16.9. The number of nitrogens with zero attached hydrogens (tertiary/aromatic N) is 2. The number of rotatable bonds is 9. The first-order valence-electron chi connectivity index (χ1n) is 13.8. The number of hydrogen-bond donors (Lipinski definition) is 0. The molecule has 3 aliphatic rings. The Morgan fingerprint density at radius 3 is 2.46 bits per heavy atom. The summed E-state index contributed by atoms with van der Waals surface area (Å²) in [4.78, 5) is 9.04. The van der Waals surface area contributed by atoms with E-state index in [0.29, 0.717) is 24.5 Å². The van der Waals surface area contributed by atoms with Gasteiger partial charge >= 0.3 is 0 Å². The predicted molar refractivity (Wildman–Crippen MR) is 138 cm³/mol. The Bertz CT molecular complexity index is 902. The fourth-order valence-electron chi connectivity index (χ4n) is 6.09. The number of aliphatic imine (C=N–C) groups is 2. The third kappa shape index (κ3) is 6.12. The van der Waals surface area contributed by atoms with Crippen molar-refractivity contribution in [2.75, 3.05) is 19.8 Å². The lowest BCUT2D eigenvalue weighted by atomic mass is 9.71. The Labute approximate surface area is 209 Å². The van der Waals surface area contributed by atoms with E-state index in [1.54, 1.807) is 6.92 Å². The minimum atomic E-state index is -0.989. The van der Waals surface area contributed by atoms with Crippen molar-refractivity contribution in [3.8, 4) is 5.75 Å². The lowest BCUT2D eigenvalue weighted by Gasteiger charge is -2.42. The van der Waals surface area contributed by atoms with E-state index < -0.39 is 11.6 Å². The number of amidine groups is 1. The molecule has 6 heteroatoms. The number of benzene rings is 1. The van der Waals surface area contributed by atoms with Crippen LogP contribution in [0.1, 0.15) is 90.5 Å². The summed E-state index contributed by atoms with van der Waals surface area (Å²) >= 11 is 0. The summed E-state index contributed by atoms with van der Waals surface area (Å²) in [5, 5.41) is 0. The number of ether oxygens (including phenoxy) is 2. The molecule has 4 nitrogen and oxygen atoms in total. The molecule has 0 bridgehead atoms. The normalized spacial score (nSPS) is 31.3. The second-order valence-electron chi connectivity index (χ2n) is 11.0. The molecule has 3 unspecified atom stereocenters. The van der Waals surface area contributed by atoms with Crippen molar-refractivity contribution in [1.82, 2.24) is 0 Å². The van der Waals surface area contributed by atoms with Gasteiger partial charge in [0, 0.05) is 11.6 Å². The summed E-state index contributed by atoms with van der Waals surface area (Å²) in [6.07, 6.45) is 15.3. The Kier molecular flexibility index (Phi) is 8.96. The van der Waals surface area contributed by atoms with Crippen LogP contribution in [0.25, 0.3) is 0 Å². The van der Waals surface area contributed by atoms with E-state index in [2.05, 4.69) is 23.8 Å². The van der Waals surface area contributed by atoms with Gasteiger partial charge in [0.2, 0.25) is 5.82 Å². The first kappa shape index (κ1) is 26.2. The van der Waals surface area contributed by atoms with Gasteiger partial charge in [0.15, 0.2) is 17.4 Å². The molecule has 1 saturated heterocycles. The van der Waals surface area contributed by atoms with Crippen LogP contribution in [-0.4, -0.2) is 37.9 Å². The zero-order valence-electron chi connectivity index (χ0n) is 21.7. The summed E-state index contributed by atoms with van der Waals surface area (Å²) in [6, 6.07) is 2.94. The number of hydrogen-bond acceptors (Lipinski definition) is 4. The zero-order valence-corrected chi connectivity index (χ0v) is 21.7. The van der Waals surface area contributed by atoms with E-state index in [-0.39, 0.29) is 29.2 Å². The van der Waals surface area contributed by atoms with Gasteiger partial charge in [0.05, 0.1) is 31.4 Å². The van der Waals surface area contributed by atoms with Gasteiger partial charge in [-0.15, -0.1) is 0 Å². The first-order valence-corrected chi connectivity index (χ1v) is 13.8. The van der Waals surface area contributed by atoms with Crippen molar-refractivity contribution in [1.29, 1.82) is 0 Å². The molecule has 1 saturated carbocycles. The van der Waals surface area contributed by atoms with Crippen molar-refractivity contribution >= 4 is 12.1 Å². The molecule has 0 spiro atoms. The largest absolute Gasteiger partial charge is 0.491 e. The molecule has 1 aliphatic carbocycles. The van der Waals surface area contributed by atoms with Crippen LogP contribution in [0, 0.1) is 34.8 Å². The van der Waals surface area contributed by atoms with E-state index in [0.717, 1.165) is 25.4 Å². The minimum Gasteiger partial charge on any atom is -0.491 e. The Morgan fingerprint density at radius 2 is 1.83 bits per heavy atom. The molecule has 1 aromatic carbocycles. The van der Waals surface area contributed by atoms with Crippen LogP contribution in [0.4, 0.5) is 8.78 Å². The molecular weight excluding hydrogens is 446 g/mol. The van der Waals surface area contributed by atoms with Crippen LogP contribution in [0.5, 0.6) is 5.75 Å². The van der Waals surface area contributed by atoms with E-state index in [9.17, 15) is 8.78 Å². The monoisotopic (exact) mass is 488 g/mol. The SMILES string of the molecule is CCCCCC1CCC(C2CCC(C3(C)C=NC(c4ccc(OCC)c(F)c4F)=NC3)CO2)CC1. The highest BCUT2D eigenvalue weighted by atomic mass is 19.2. The second kappa shape index (κ2) is 11.9. The highest BCUT2D eigenvalue weighted by Gasteiger charge is 2.40. The third-order valence-electron chi connectivity index (χ3n) is 8.52. The van der Waals surface area contributed by atoms with Crippen molar-refractivity contribution < 1.29 is 18.3 Å². The quantitative estimate of drug-likeness (QED) is 0.340. The van der Waals surface area contributed by atoms with Crippen molar-refractivity contribution in [2.45, 2.75) is 91.1 Å². The molecule has 3 atom stereocenters. The number of unbranched alkanes of at least 4 members (excludes halogenated alkanes) is 2. The fourth-order valence-corrected chi connectivity index (χ4v) is 6.09. The standard InChI is InChI=1S/C29H42F2N2O2/c1-4-6-7-8-20-9-11-21(12-10-20)24-15-13-22(17-35-24)29(3)18-32-28(33-19-29)23-14-16-25(34-5-2)27(31)26(23)30/h14,16,18,20-22,24H,4-13,15,17,19H2,1-3H3. The lowest BCUT2D eigenvalue weighted by molar-refractivity contribution is -0.0736. The Balaban J connectivity index is 1.28. The van der Waals surface area contributed by atoms with Crippen molar-refractivity contribution in [3.63, 3.8) is 0 Å². The van der Waals surface area contributed by atoms with Gasteiger partial charge in [-0.2, -0.15) is 4.39 Å². The summed E-state index contributed by atoms with van der Waals surface area (Å²) < 4.78 is 40.5. The molecule has 1 aromatic rings. The summed E-state index contributed by atoms with van der Waals surface area (Å²) in [5.41, 5.74) is -0.152. The summed E-state index contributed by atoms with van der Waals surface area (Å²) in [7, 11) is 0. The van der Waals surface area contributed by atoms with Crippen LogP contribution in [-0.2, 0) is 4.74 Å². The zero-order chi connectivity index (χ0) is 24.8. The van der Waals surface area contributed by atoms with Crippen LogP contribution in [0.3, 0.4) is 0 Å². The molecule has 0 radical (unpaired) electrons. The van der Waals surface area contributed by atoms with E-state index in [1.807, 2.05) is 6.21 Å². The molecule has 35 heavy (non-hydrogen) atoms. The highest BCUT2D eigenvalue weighted by Crippen LogP contribution is 2.41. The topological polar surface area (TPSA) is 43.2 Å². The Hall–Kier alpha value is -1.82. The maximum atomic E-state index is 14.6. The highest BCUT2D eigenvalue weighted by molar-refractivity contribution is 6.05. The average Bonchev–Trinajstić information content (AvgIpc) is 2.88. The second-order valence-corrected chi connectivity index (χ2v) is 11.0. The molecular formula is C29H42F2N2O2. The number of halogens is 2. The smallest absolute Gasteiger partial charge is 0.201 e.